The van der Waals surface area contributed by atoms with E-state index in [2.05, 4.69) is 20.9 Å². The Morgan fingerprint density at radius 3 is 2.63 bits per heavy atom. The van der Waals surface area contributed by atoms with Crippen molar-refractivity contribution in [1.29, 1.82) is 0 Å². The van der Waals surface area contributed by atoms with E-state index in [-0.39, 0.29) is 6.10 Å². The molecule has 156 valence electrons. The first-order valence-electron chi connectivity index (χ1n) is 11.2. The van der Waals surface area contributed by atoms with Crippen LogP contribution in [0.3, 0.4) is 0 Å². The van der Waals surface area contributed by atoms with Gasteiger partial charge in [0.05, 0.1) is 30.6 Å². The van der Waals surface area contributed by atoms with Gasteiger partial charge in [0.25, 0.3) is 0 Å². The third kappa shape index (κ3) is 2.73. The molecular weight excluding hydrogens is 380 g/mol. The fourth-order valence-electron chi connectivity index (χ4n) is 5.36. The lowest BCUT2D eigenvalue weighted by Crippen LogP contribution is -2.38. The molecule has 2 aliphatic carbocycles. The van der Waals surface area contributed by atoms with Crippen molar-refractivity contribution >= 4 is 17.6 Å². The lowest BCUT2D eigenvalue weighted by atomic mass is 9.86. The van der Waals surface area contributed by atoms with Crippen molar-refractivity contribution in [3.8, 4) is 17.0 Å². The van der Waals surface area contributed by atoms with Crippen molar-refractivity contribution in [2.45, 2.75) is 56.4 Å². The Bertz CT molecular complexity index is 1010. The van der Waals surface area contributed by atoms with Gasteiger partial charge in [0.15, 0.2) is 11.6 Å². The van der Waals surface area contributed by atoms with E-state index < -0.39 is 0 Å². The topological polar surface area (TPSA) is 89.6 Å². The number of anilines is 3. The number of nitrogens with two attached hydrogens (primary N) is 1. The maximum absolute atomic E-state index is 6.07. The van der Waals surface area contributed by atoms with Gasteiger partial charge in [-0.25, -0.2) is 9.97 Å². The molecule has 8 nitrogen and oxygen atoms in total. The molecule has 8 heteroatoms. The molecule has 0 spiro atoms. The minimum atomic E-state index is 0.275. The average molecular weight is 406 g/mol. The molecule has 30 heavy (non-hydrogen) atoms. The molecule has 6 fully saturated rings. The number of hydrogen-bond donors (Lipinski definition) is 1. The maximum atomic E-state index is 6.07. The van der Waals surface area contributed by atoms with Gasteiger partial charge in [0, 0.05) is 37.0 Å². The molecule has 2 aromatic rings. The molecule has 0 unspecified atom stereocenters. The zero-order valence-electron chi connectivity index (χ0n) is 16.9. The minimum Gasteiger partial charge on any atom is -0.487 e. The van der Waals surface area contributed by atoms with Gasteiger partial charge in [0.2, 0.25) is 5.95 Å². The van der Waals surface area contributed by atoms with E-state index in [9.17, 15) is 0 Å². The van der Waals surface area contributed by atoms with Crippen molar-refractivity contribution in [2.24, 2.45) is 5.92 Å². The zero-order valence-corrected chi connectivity index (χ0v) is 16.9. The van der Waals surface area contributed by atoms with Crippen LogP contribution in [0.25, 0.3) is 11.3 Å². The monoisotopic (exact) mass is 406 g/mol. The Balaban J connectivity index is 1.29. The van der Waals surface area contributed by atoms with Crippen LogP contribution < -0.4 is 20.3 Å². The minimum absolute atomic E-state index is 0.275. The molecule has 0 radical (unpaired) electrons. The van der Waals surface area contributed by atoms with Crippen LogP contribution in [-0.2, 0) is 4.74 Å². The van der Waals surface area contributed by atoms with Gasteiger partial charge < -0.3 is 25.0 Å². The van der Waals surface area contributed by atoms with E-state index in [0.717, 1.165) is 67.9 Å². The first kappa shape index (κ1) is 17.1. The Morgan fingerprint density at radius 1 is 1.03 bits per heavy atom. The Kier molecular flexibility index (Phi) is 3.53. The second-order valence-electron chi connectivity index (χ2n) is 9.48. The number of rotatable bonds is 5. The standard InChI is InChI=1S/C22H26N6O2/c23-21-19(30-16-1-2-16)5-13(8-24-21)18-7-20(27-10-17-6-15(27)11-29-17)26-22(25-18)28-9-12-3-14(28)4-12/h5,7-8,12,14-17H,1-4,6,9-11H2,(H2,23,24)/t12?,14?,15-,17-/m0/s1. The summed E-state index contributed by atoms with van der Waals surface area (Å²) in [6.45, 7) is 2.76. The van der Waals surface area contributed by atoms with Crippen LogP contribution in [0.15, 0.2) is 18.3 Å². The van der Waals surface area contributed by atoms with E-state index in [4.69, 9.17) is 25.2 Å². The molecule has 0 amide bonds. The van der Waals surface area contributed by atoms with Crippen LogP contribution in [0.2, 0.25) is 0 Å². The highest BCUT2D eigenvalue weighted by Crippen LogP contribution is 2.43. The van der Waals surface area contributed by atoms with Crippen molar-refractivity contribution < 1.29 is 9.47 Å². The molecule has 2 saturated carbocycles. The highest BCUT2D eigenvalue weighted by molar-refractivity contribution is 5.68. The van der Waals surface area contributed by atoms with Crippen LogP contribution in [0.4, 0.5) is 17.6 Å². The largest absolute Gasteiger partial charge is 0.487 e. The molecule has 4 aliphatic heterocycles. The summed E-state index contributed by atoms with van der Waals surface area (Å²) in [6.07, 6.45) is 8.21. The van der Waals surface area contributed by atoms with Gasteiger partial charge in [-0.2, -0.15) is 4.98 Å². The van der Waals surface area contributed by atoms with E-state index in [1.807, 2.05) is 6.07 Å². The van der Waals surface area contributed by atoms with Crippen molar-refractivity contribution in [3.63, 3.8) is 0 Å². The molecule has 4 saturated heterocycles. The second kappa shape index (κ2) is 6.20. The zero-order chi connectivity index (χ0) is 19.8. The van der Waals surface area contributed by atoms with Crippen LogP contribution in [0, 0.1) is 5.92 Å². The molecule has 2 atom stereocenters. The second-order valence-corrected chi connectivity index (χ2v) is 9.48. The highest BCUT2D eigenvalue weighted by atomic mass is 16.5. The van der Waals surface area contributed by atoms with Gasteiger partial charge in [0.1, 0.15) is 5.82 Å². The predicted molar refractivity (Wildman–Crippen MR) is 113 cm³/mol. The Morgan fingerprint density at radius 2 is 1.93 bits per heavy atom. The van der Waals surface area contributed by atoms with E-state index >= 15 is 0 Å². The number of aromatic nitrogens is 3. The summed E-state index contributed by atoms with van der Waals surface area (Å²) in [5.41, 5.74) is 7.88. The summed E-state index contributed by atoms with van der Waals surface area (Å²) in [5.74, 6) is 3.75. The summed E-state index contributed by atoms with van der Waals surface area (Å²) >= 11 is 0. The molecule has 2 aromatic heterocycles. The normalized spacial score (nSPS) is 31.3. The van der Waals surface area contributed by atoms with Crippen molar-refractivity contribution in [2.75, 3.05) is 35.2 Å². The lowest BCUT2D eigenvalue weighted by Gasteiger charge is -2.30. The summed E-state index contributed by atoms with van der Waals surface area (Å²) in [5, 5.41) is 0. The summed E-state index contributed by atoms with van der Waals surface area (Å²) in [4.78, 5) is 19.2. The lowest BCUT2D eigenvalue weighted by molar-refractivity contribution is 0.0989. The number of fused-ring (bicyclic) bond motifs is 3. The van der Waals surface area contributed by atoms with Gasteiger partial charge in [-0.15, -0.1) is 0 Å². The predicted octanol–water partition coefficient (Wildman–Crippen LogP) is 2.24. The smallest absolute Gasteiger partial charge is 0.228 e. The first-order chi connectivity index (χ1) is 14.7. The van der Waals surface area contributed by atoms with E-state index in [1.54, 1.807) is 6.20 Å². The fourth-order valence-corrected chi connectivity index (χ4v) is 5.36. The van der Waals surface area contributed by atoms with Crippen LogP contribution in [0.5, 0.6) is 5.75 Å². The van der Waals surface area contributed by atoms with Gasteiger partial charge >= 0.3 is 0 Å². The van der Waals surface area contributed by atoms with Crippen LogP contribution >= 0.6 is 0 Å². The summed E-state index contributed by atoms with van der Waals surface area (Å²) in [7, 11) is 0. The average Bonchev–Trinajstić information content (AvgIpc) is 3.14. The number of ether oxygens (including phenoxy) is 2. The highest BCUT2D eigenvalue weighted by Gasteiger charge is 2.45. The first-order valence-corrected chi connectivity index (χ1v) is 11.2. The fraction of sp³-hybridized carbons (Fsp3) is 0.591. The van der Waals surface area contributed by atoms with Crippen molar-refractivity contribution in [3.05, 3.63) is 18.3 Å². The molecule has 2 N–H and O–H groups in total. The maximum Gasteiger partial charge on any atom is 0.228 e. The van der Waals surface area contributed by atoms with E-state index in [1.165, 1.54) is 12.8 Å². The Labute approximate surface area is 175 Å². The molecule has 8 rings (SSSR count). The molecule has 4 bridgehead atoms. The Hall–Kier alpha value is -2.61. The third-order valence-corrected chi connectivity index (χ3v) is 7.25. The SMILES string of the molecule is Nc1ncc(-c2cc(N3C[C@@H]4C[C@H]3CO4)nc(N3CC4CC3C4)n2)cc1OC1CC1. The van der Waals surface area contributed by atoms with Crippen molar-refractivity contribution in [1.82, 2.24) is 15.0 Å². The number of nitrogen functional groups attached to an aromatic ring is 1. The number of nitrogens with zero attached hydrogens (tertiary/aromatic N) is 5. The number of pyridine rings is 1. The van der Waals surface area contributed by atoms with Gasteiger partial charge in [-0.1, -0.05) is 0 Å². The molecular formula is C22H26N6O2. The quantitative estimate of drug-likeness (QED) is 0.809. The third-order valence-electron chi connectivity index (χ3n) is 7.25. The van der Waals surface area contributed by atoms with E-state index in [0.29, 0.717) is 29.8 Å². The number of morpholine rings is 1. The van der Waals surface area contributed by atoms with Crippen LogP contribution in [0.1, 0.15) is 32.1 Å². The summed E-state index contributed by atoms with van der Waals surface area (Å²) < 4.78 is 11.8. The van der Waals surface area contributed by atoms with Crippen LogP contribution in [-0.4, -0.2) is 58.9 Å². The number of hydrogen-bond acceptors (Lipinski definition) is 8. The van der Waals surface area contributed by atoms with Gasteiger partial charge in [-0.3, -0.25) is 0 Å². The molecule has 0 aromatic carbocycles. The molecule has 6 heterocycles. The van der Waals surface area contributed by atoms with Gasteiger partial charge in [-0.05, 0) is 44.1 Å². The summed E-state index contributed by atoms with van der Waals surface area (Å²) in [6, 6.07) is 5.09. The molecule has 6 aliphatic rings.